The van der Waals surface area contributed by atoms with Crippen LogP contribution in [0.15, 0.2) is 126 Å². The monoisotopic (exact) mass is 781 g/mol. The molecule has 2 aliphatic rings. The Morgan fingerprint density at radius 1 is 0.627 bits per heavy atom. The molecule has 1 aliphatic heterocycles. The van der Waals surface area contributed by atoms with Gasteiger partial charge in [-0.3, -0.25) is 0 Å². The first kappa shape index (κ1) is 35.2. The molecule has 0 fully saturated rings. The predicted octanol–water partition coefficient (Wildman–Crippen LogP) is 14.1. The fourth-order valence-electron chi connectivity index (χ4n) is 10.4. The van der Waals surface area contributed by atoms with Gasteiger partial charge in [-0.2, -0.15) is 0 Å². The van der Waals surface area contributed by atoms with E-state index < -0.39 is 0 Å². The van der Waals surface area contributed by atoms with Crippen molar-refractivity contribution in [2.24, 2.45) is 0 Å². The maximum absolute atomic E-state index is 6.52. The third-order valence-electron chi connectivity index (χ3n) is 13.8. The summed E-state index contributed by atoms with van der Waals surface area (Å²) < 4.78 is 11.7. The maximum atomic E-state index is 6.52. The molecule has 3 nitrogen and oxygen atoms in total. The quantitative estimate of drug-likeness (QED) is 0.181. The molecule has 0 amide bonds. The Balaban J connectivity index is 1.16. The van der Waals surface area contributed by atoms with Gasteiger partial charge in [0.15, 0.2) is 7.28 Å². The lowest BCUT2D eigenvalue weighted by atomic mass is 9.58. The van der Waals surface area contributed by atoms with Gasteiger partial charge in [0.05, 0.1) is 5.52 Å². The summed E-state index contributed by atoms with van der Waals surface area (Å²) in [7, 11) is 2.48. The SMILES string of the molecule is CC(C)(C)c1ccc(Nc2cc3c(cc2-c2ccc4c5cc6oc7ccccc7c6cc5n5c4c2[B]c2cc4sc6ccccc6c4cc2-5)C(C)(C)CCC3(C)C)cc1. The van der Waals surface area contributed by atoms with E-state index in [-0.39, 0.29) is 16.2 Å². The van der Waals surface area contributed by atoms with Crippen LogP contribution < -0.4 is 16.2 Å². The lowest BCUT2D eigenvalue weighted by Gasteiger charge is -2.42. The number of anilines is 2. The van der Waals surface area contributed by atoms with Crippen molar-refractivity contribution in [3.63, 3.8) is 0 Å². The van der Waals surface area contributed by atoms with Gasteiger partial charge in [0.1, 0.15) is 11.2 Å². The van der Waals surface area contributed by atoms with Crippen LogP contribution in [-0.4, -0.2) is 11.8 Å². The highest BCUT2D eigenvalue weighted by molar-refractivity contribution is 7.26. The molecule has 0 saturated heterocycles. The van der Waals surface area contributed by atoms with Gasteiger partial charge in [0, 0.05) is 69.9 Å². The van der Waals surface area contributed by atoms with Crippen molar-refractivity contribution in [1.82, 2.24) is 4.57 Å². The van der Waals surface area contributed by atoms with E-state index in [1.165, 1.54) is 86.4 Å². The molecule has 1 N–H and O–H groups in total. The summed E-state index contributed by atoms with van der Waals surface area (Å²) in [6.07, 6.45) is 2.33. The Bertz CT molecular complexity index is 3420. The number of furan rings is 1. The summed E-state index contributed by atoms with van der Waals surface area (Å²) in [6.45, 7) is 16.6. The average molecular weight is 782 g/mol. The smallest absolute Gasteiger partial charge is 0.197 e. The van der Waals surface area contributed by atoms with Gasteiger partial charge >= 0.3 is 0 Å². The Kier molecular flexibility index (Phi) is 7.11. The van der Waals surface area contributed by atoms with Crippen molar-refractivity contribution >= 4 is 105 Å². The van der Waals surface area contributed by atoms with E-state index in [2.05, 4.69) is 187 Å². The lowest BCUT2D eigenvalue weighted by molar-refractivity contribution is 0.332. The molecule has 0 atom stereocenters. The van der Waals surface area contributed by atoms with Crippen LogP contribution >= 0.6 is 11.3 Å². The molecule has 1 radical (unpaired) electrons. The number of nitrogens with zero attached hydrogens (tertiary/aromatic N) is 1. The van der Waals surface area contributed by atoms with Gasteiger partial charge in [0.25, 0.3) is 0 Å². The second kappa shape index (κ2) is 11.9. The molecule has 287 valence electrons. The summed E-state index contributed by atoms with van der Waals surface area (Å²) in [5.41, 5.74) is 17.2. The molecule has 10 aromatic rings. The summed E-state index contributed by atoms with van der Waals surface area (Å²) >= 11 is 1.89. The van der Waals surface area contributed by atoms with E-state index in [0.29, 0.717) is 0 Å². The van der Waals surface area contributed by atoms with Gasteiger partial charge in [-0.05, 0) is 117 Å². The Morgan fingerprint density at radius 2 is 1.36 bits per heavy atom. The second-order valence-corrected chi connectivity index (χ2v) is 20.6. The summed E-state index contributed by atoms with van der Waals surface area (Å²) in [5, 5.41) is 11.4. The Morgan fingerprint density at radius 3 is 2.14 bits per heavy atom. The minimum atomic E-state index is 0.0582. The third-order valence-corrected chi connectivity index (χ3v) is 15.0. The molecule has 1 aliphatic carbocycles. The first-order valence-corrected chi connectivity index (χ1v) is 21.9. The molecule has 0 unspecified atom stereocenters. The first-order chi connectivity index (χ1) is 28.3. The molecule has 7 aromatic carbocycles. The lowest BCUT2D eigenvalue weighted by Crippen LogP contribution is -2.37. The van der Waals surface area contributed by atoms with Gasteiger partial charge < -0.3 is 14.3 Å². The van der Waals surface area contributed by atoms with Crippen LogP contribution in [0.3, 0.4) is 0 Å². The third kappa shape index (κ3) is 5.13. The summed E-state index contributed by atoms with van der Waals surface area (Å²) in [5.74, 6) is 0. The first-order valence-electron chi connectivity index (χ1n) is 21.1. The topological polar surface area (TPSA) is 30.1 Å². The van der Waals surface area contributed by atoms with Crippen molar-refractivity contribution in [2.45, 2.75) is 77.6 Å². The van der Waals surface area contributed by atoms with Crippen LogP contribution in [0.25, 0.3) is 80.7 Å². The van der Waals surface area contributed by atoms with E-state index in [1.54, 1.807) is 0 Å². The number of thiophene rings is 1. The van der Waals surface area contributed by atoms with Gasteiger partial charge in [-0.25, -0.2) is 0 Å². The summed E-state index contributed by atoms with van der Waals surface area (Å²) in [6, 6.07) is 45.7. The summed E-state index contributed by atoms with van der Waals surface area (Å²) in [4.78, 5) is 0. The maximum Gasteiger partial charge on any atom is 0.197 e. The number of hydrogen-bond donors (Lipinski definition) is 1. The molecule has 4 heterocycles. The van der Waals surface area contributed by atoms with Gasteiger partial charge in [0.2, 0.25) is 0 Å². The number of fused-ring (bicyclic) bond motifs is 12. The number of hydrogen-bond acceptors (Lipinski definition) is 3. The highest BCUT2D eigenvalue weighted by atomic mass is 32.1. The van der Waals surface area contributed by atoms with E-state index >= 15 is 0 Å². The predicted molar refractivity (Wildman–Crippen MR) is 255 cm³/mol. The molecule has 59 heavy (non-hydrogen) atoms. The van der Waals surface area contributed by atoms with Gasteiger partial charge in [-0.15, -0.1) is 11.3 Å². The van der Waals surface area contributed by atoms with E-state index in [0.717, 1.165) is 46.2 Å². The number of para-hydroxylation sites is 1. The molecule has 0 saturated carbocycles. The Labute approximate surface area is 349 Å². The fourth-order valence-corrected chi connectivity index (χ4v) is 11.5. The van der Waals surface area contributed by atoms with Crippen LogP contribution in [-0.2, 0) is 16.2 Å². The number of aromatic nitrogens is 1. The van der Waals surface area contributed by atoms with Crippen LogP contribution in [0.2, 0.25) is 0 Å². The van der Waals surface area contributed by atoms with Crippen molar-refractivity contribution in [1.29, 1.82) is 0 Å². The van der Waals surface area contributed by atoms with E-state index in [9.17, 15) is 0 Å². The zero-order valence-corrected chi connectivity index (χ0v) is 35.6. The largest absolute Gasteiger partial charge is 0.456 e. The van der Waals surface area contributed by atoms with Crippen molar-refractivity contribution < 1.29 is 4.42 Å². The molecule has 0 bridgehead atoms. The van der Waals surface area contributed by atoms with Gasteiger partial charge in [-0.1, -0.05) is 115 Å². The van der Waals surface area contributed by atoms with Crippen molar-refractivity contribution in [2.75, 3.05) is 5.32 Å². The number of nitrogens with one attached hydrogen (secondary N) is 1. The van der Waals surface area contributed by atoms with E-state index in [1.807, 2.05) is 11.3 Å². The minimum Gasteiger partial charge on any atom is -0.456 e. The number of rotatable bonds is 3. The van der Waals surface area contributed by atoms with Crippen LogP contribution in [0, 0.1) is 0 Å². The molecule has 5 heteroatoms. The fraction of sp³-hybridized carbons (Fsp3) is 0.222. The molecule has 3 aromatic heterocycles. The highest BCUT2D eigenvalue weighted by Crippen LogP contribution is 2.50. The molecular weight excluding hydrogens is 735 g/mol. The zero-order valence-electron chi connectivity index (χ0n) is 34.8. The molecule has 0 spiro atoms. The minimum absolute atomic E-state index is 0.0582. The molecular formula is C54H46BN2OS. The molecule has 12 rings (SSSR count). The highest BCUT2D eigenvalue weighted by Gasteiger charge is 2.38. The van der Waals surface area contributed by atoms with Crippen molar-refractivity contribution in [3.05, 3.63) is 138 Å². The zero-order chi connectivity index (χ0) is 40.2. The van der Waals surface area contributed by atoms with Crippen LogP contribution in [0.5, 0.6) is 0 Å². The van der Waals surface area contributed by atoms with E-state index in [4.69, 9.17) is 4.42 Å². The van der Waals surface area contributed by atoms with Crippen LogP contribution in [0.1, 0.15) is 78.0 Å². The number of benzene rings is 7. The average Bonchev–Trinajstić information content (AvgIpc) is 3.87. The normalized spacial score (nSPS) is 15.6. The van der Waals surface area contributed by atoms with Crippen LogP contribution in [0.4, 0.5) is 11.4 Å². The second-order valence-electron chi connectivity index (χ2n) is 19.5. The standard InChI is InChI=1S/C54H46BN2OS/c1-52(2,3)30-16-18-31(19-17-30)56-43-28-41-40(53(4,5)22-23-54(41,6)7)24-36(43)34-20-21-35-37-27-47-38(32-12-8-10-14-46(32)58-47)25-44(37)57-45-26-39-33-13-9-11-15-48(33)59-49(39)29-42(45)55-50(34)51(35)57/h8-21,24-29,56H,22-23H2,1-7H3. The Hall–Kier alpha value is -5.78. The van der Waals surface area contributed by atoms with Crippen molar-refractivity contribution in [3.8, 4) is 16.8 Å².